The number of nitro groups is 1. The molecule has 1 N–H and O–H groups in total. The maximum atomic E-state index is 13.9. The molecular weight excluding hydrogens is 462 g/mol. The smallest absolute Gasteiger partial charge is 0.344 e. The molecule has 2 aromatic heterocycles. The number of aromatic nitrogens is 2. The molecule has 0 aliphatic rings. The fourth-order valence-electron chi connectivity index (χ4n) is 4.62. The van der Waals surface area contributed by atoms with Gasteiger partial charge in [0.05, 0.1) is 33.0 Å². The van der Waals surface area contributed by atoms with Crippen molar-refractivity contribution >= 4 is 16.7 Å². The first-order chi connectivity index (χ1) is 17.3. The number of non-ortho nitro benzene ring substituents is 1. The SMILES string of the molecule is Cc1c([C@H](c2cccc([N+](=O)[O-])c2)c2c(O)c3ccccc3oc2=O)c(=O)n(-c2ccccc2)n1C. The van der Waals surface area contributed by atoms with Gasteiger partial charge in [0.1, 0.15) is 11.3 Å². The fraction of sp³-hybridized carbons (Fsp3) is 0.111. The topological polar surface area (TPSA) is 121 Å². The molecule has 3 aromatic carbocycles. The van der Waals surface area contributed by atoms with Gasteiger partial charge in [0.25, 0.3) is 11.2 Å². The van der Waals surface area contributed by atoms with E-state index in [1.54, 1.807) is 73.3 Å². The second-order valence-electron chi connectivity index (χ2n) is 8.41. The lowest BCUT2D eigenvalue weighted by Gasteiger charge is -2.18. The van der Waals surface area contributed by atoms with Gasteiger partial charge < -0.3 is 9.52 Å². The number of hydrogen-bond donors (Lipinski definition) is 1. The van der Waals surface area contributed by atoms with Crippen molar-refractivity contribution in [2.24, 2.45) is 7.05 Å². The molecule has 0 fully saturated rings. The maximum absolute atomic E-state index is 13.9. The van der Waals surface area contributed by atoms with Gasteiger partial charge in [-0.05, 0) is 36.8 Å². The summed E-state index contributed by atoms with van der Waals surface area (Å²) in [7, 11) is 1.71. The van der Waals surface area contributed by atoms with Gasteiger partial charge in [-0.1, -0.05) is 42.5 Å². The number of fused-ring (bicyclic) bond motifs is 1. The molecule has 2 heterocycles. The number of para-hydroxylation sites is 2. The third-order valence-corrected chi connectivity index (χ3v) is 6.41. The predicted molar refractivity (Wildman–Crippen MR) is 134 cm³/mol. The number of hydrogen-bond acceptors (Lipinski definition) is 6. The van der Waals surface area contributed by atoms with Gasteiger partial charge in [0.15, 0.2) is 0 Å². The van der Waals surface area contributed by atoms with Gasteiger partial charge in [0.2, 0.25) is 0 Å². The molecule has 1 atom stereocenters. The average molecular weight is 483 g/mol. The Morgan fingerprint density at radius 3 is 2.36 bits per heavy atom. The zero-order valence-electron chi connectivity index (χ0n) is 19.4. The molecule has 180 valence electrons. The second kappa shape index (κ2) is 8.70. The van der Waals surface area contributed by atoms with E-state index in [2.05, 4.69) is 0 Å². The van der Waals surface area contributed by atoms with Gasteiger partial charge in [-0.15, -0.1) is 0 Å². The molecule has 0 amide bonds. The van der Waals surface area contributed by atoms with Crippen molar-refractivity contribution in [3.05, 3.63) is 132 Å². The van der Waals surface area contributed by atoms with E-state index in [-0.39, 0.29) is 28.1 Å². The third kappa shape index (κ3) is 3.58. The second-order valence-corrected chi connectivity index (χ2v) is 8.41. The fourth-order valence-corrected chi connectivity index (χ4v) is 4.62. The first-order valence-electron chi connectivity index (χ1n) is 11.1. The van der Waals surface area contributed by atoms with E-state index in [1.165, 1.54) is 22.9 Å². The Hall–Kier alpha value is -4.92. The van der Waals surface area contributed by atoms with Crippen LogP contribution < -0.4 is 11.2 Å². The Kier molecular flexibility index (Phi) is 5.52. The van der Waals surface area contributed by atoms with Gasteiger partial charge in [-0.2, -0.15) is 0 Å². The quantitative estimate of drug-likeness (QED) is 0.225. The van der Waals surface area contributed by atoms with E-state index < -0.39 is 22.0 Å². The minimum absolute atomic E-state index is 0.166. The monoisotopic (exact) mass is 483 g/mol. The summed E-state index contributed by atoms with van der Waals surface area (Å²) < 4.78 is 8.61. The van der Waals surface area contributed by atoms with Crippen LogP contribution in [0.2, 0.25) is 0 Å². The van der Waals surface area contributed by atoms with Crippen LogP contribution in [0.1, 0.15) is 28.3 Å². The molecule has 0 saturated carbocycles. The van der Waals surface area contributed by atoms with Crippen LogP contribution in [0, 0.1) is 17.0 Å². The molecule has 0 unspecified atom stereocenters. The van der Waals surface area contributed by atoms with Crippen molar-refractivity contribution in [3.63, 3.8) is 0 Å². The Labute approximate surface area is 204 Å². The van der Waals surface area contributed by atoms with Crippen molar-refractivity contribution in [1.82, 2.24) is 9.36 Å². The minimum atomic E-state index is -1.13. The van der Waals surface area contributed by atoms with Crippen molar-refractivity contribution in [1.29, 1.82) is 0 Å². The lowest BCUT2D eigenvalue weighted by molar-refractivity contribution is -0.384. The lowest BCUT2D eigenvalue weighted by Crippen LogP contribution is -2.24. The van der Waals surface area contributed by atoms with Crippen molar-refractivity contribution < 1.29 is 14.4 Å². The van der Waals surface area contributed by atoms with Gasteiger partial charge >= 0.3 is 5.63 Å². The van der Waals surface area contributed by atoms with Crippen molar-refractivity contribution in [3.8, 4) is 11.4 Å². The summed E-state index contributed by atoms with van der Waals surface area (Å²) in [5.41, 5.74) is 0.167. The summed E-state index contributed by atoms with van der Waals surface area (Å²) in [6.45, 7) is 1.72. The highest BCUT2D eigenvalue weighted by Crippen LogP contribution is 2.39. The molecule has 0 spiro atoms. The Balaban J connectivity index is 1.88. The summed E-state index contributed by atoms with van der Waals surface area (Å²) in [4.78, 5) is 38.2. The van der Waals surface area contributed by atoms with E-state index in [4.69, 9.17) is 4.42 Å². The Morgan fingerprint density at radius 2 is 1.64 bits per heavy atom. The van der Waals surface area contributed by atoms with Crippen LogP contribution in [0.15, 0.2) is 92.9 Å². The summed E-state index contributed by atoms with van der Waals surface area (Å²) >= 11 is 0. The summed E-state index contributed by atoms with van der Waals surface area (Å²) in [5.74, 6) is -1.47. The summed E-state index contributed by atoms with van der Waals surface area (Å²) in [5, 5.41) is 23.1. The highest BCUT2D eigenvalue weighted by Gasteiger charge is 2.33. The van der Waals surface area contributed by atoms with Crippen LogP contribution in [-0.4, -0.2) is 19.4 Å². The number of rotatable bonds is 5. The number of nitro benzene ring substituents is 1. The third-order valence-electron chi connectivity index (χ3n) is 6.41. The van der Waals surface area contributed by atoms with E-state index in [9.17, 15) is 24.8 Å². The zero-order chi connectivity index (χ0) is 25.6. The summed E-state index contributed by atoms with van der Waals surface area (Å²) in [6, 6.07) is 21.2. The normalized spacial score (nSPS) is 12.1. The Morgan fingerprint density at radius 1 is 0.944 bits per heavy atom. The zero-order valence-corrected chi connectivity index (χ0v) is 19.4. The largest absolute Gasteiger partial charge is 0.507 e. The first-order valence-corrected chi connectivity index (χ1v) is 11.1. The van der Waals surface area contributed by atoms with Gasteiger partial charge in [0, 0.05) is 24.9 Å². The van der Waals surface area contributed by atoms with Gasteiger partial charge in [-0.3, -0.25) is 19.6 Å². The summed E-state index contributed by atoms with van der Waals surface area (Å²) in [6.07, 6.45) is 0. The van der Waals surface area contributed by atoms with Crippen LogP contribution in [0.3, 0.4) is 0 Å². The average Bonchev–Trinajstić information content (AvgIpc) is 3.10. The van der Waals surface area contributed by atoms with Crippen LogP contribution >= 0.6 is 0 Å². The molecule has 0 bridgehead atoms. The molecule has 0 saturated heterocycles. The van der Waals surface area contributed by atoms with Crippen molar-refractivity contribution in [2.45, 2.75) is 12.8 Å². The Bertz CT molecular complexity index is 1750. The van der Waals surface area contributed by atoms with Crippen LogP contribution in [0.4, 0.5) is 5.69 Å². The highest BCUT2D eigenvalue weighted by molar-refractivity contribution is 5.84. The molecule has 9 heteroatoms. The molecule has 36 heavy (non-hydrogen) atoms. The van der Waals surface area contributed by atoms with E-state index in [1.807, 2.05) is 6.07 Å². The van der Waals surface area contributed by atoms with Crippen molar-refractivity contribution in [2.75, 3.05) is 0 Å². The maximum Gasteiger partial charge on any atom is 0.344 e. The van der Waals surface area contributed by atoms with Crippen LogP contribution in [0.5, 0.6) is 5.75 Å². The highest BCUT2D eigenvalue weighted by atomic mass is 16.6. The number of aromatic hydroxyl groups is 1. The molecule has 0 aliphatic heterocycles. The molecule has 9 nitrogen and oxygen atoms in total. The number of nitrogens with zero attached hydrogens (tertiary/aromatic N) is 3. The van der Waals surface area contributed by atoms with Gasteiger partial charge in [-0.25, -0.2) is 9.48 Å². The lowest BCUT2D eigenvalue weighted by atomic mass is 9.84. The van der Waals surface area contributed by atoms with Crippen LogP contribution in [-0.2, 0) is 7.05 Å². The number of benzene rings is 3. The van der Waals surface area contributed by atoms with E-state index in [0.717, 1.165) is 0 Å². The van der Waals surface area contributed by atoms with E-state index >= 15 is 0 Å². The molecular formula is C27H21N3O6. The molecule has 0 radical (unpaired) electrons. The predicted octanol–water partition coefficient (Wildman–Crippen LogP) is 4.38. The molecule has 5 rings (SSSR count). The standard InChI is InChI=1S/C27H21N3O6/c1-16-22(26(32)29(28(16)2)18-10-4-3-5-11-18)23(17-9-8-12-19(15-17)30(34)35)24-25(31)20-13-6-7-14-21(20)36-27(24)33/h3-15,23,31H,1-2H3/t23-/m0/s1. The first kappa shape index (κ1) is 22.9. The van der Waals surface area contributed by atoms with Crippen LogP contribution in [0.25, 0.3) is 16.7 Å². The minimum Gasteiger partial charge on any atom is -0.507 e. The molecule has 5 aromatic rings. The molecule has 0 aliphatic carbocycles. The van der Waals surface area contributed by atoms with E-state index in [0.29, 0.717) is 22.3 Å².